The van der Waals surface area contributed by atoms with Crippen LogP contribution >= 0.6 is 0 Å². The summed E-state index contributed by atoms with van der Waals surface area (Å²) < 4.78 is 2.25. The van der Waals surface area contributed by atoms with Crippen molar-refractivity contribution in [2.75, 3.05) is 6.54 Å². The summed E-state index contributed by atoms with van der Waals surface area (Å²) in [5.41, 5.74) is 5.13. The average Bonchev–Trinajstić information content (AvgIpc) is 3.16. The van der Waals surface area contributed by atoms with E-state index in [4.69, 9.17) is 4.98 Å². The van der Waals surface area contributed by atoms with Gasteiger partial charge in [0.05, 0.1) is 11.0 Å². The average molecular weight is 413 g/mol. The van der Waals surface area contributed by atoms with Crippen LogP contribution in [0.4, 0.5) is 0 Å². The molecule has 0 radical (unpaired) electrons. The molecular formula is C26H28N4O. The molecule has 1 atom stereocenters. The molecule has 4 aromatic rings. The summed E-state index contributed by atoms with van der Waals surface area (Å²) in [6, 6.07) is 22.4. The number of amides is 1. The lowest BCUT2D eigenvalue weighted by Crippen LogP contribution is -2.27. The molecule has 1 amide bonds. The zero-order chi connectivity index (χ0) is 21.6. The highest BCUT2D eigenvalue weighted by Crippen LogP contribution is 2.21. The minimum atomic E-state index is -0.163. The Kier molecular flexibility index (Phi) is 6.41. The number of aromatic nitrogens is 3. The van der Waals surface area contributed by atoms with Crippen LogP contribution in [-0.4, -0.2) is 27.0 Å². The maximum Gasteiger partial charge on any atom is 0.269 e. The summed E-state index contributed by atoms with van der Waals surface area (Å²) >= 11 is 0. The van der Waals surface area contributed by atoms with Crippen molar-refractivity contribution in [1.29, 1.82) is 0 Å². The number of para-hydroxylation sites is 2. The highest BCUT2D eigenvalue weighted by Gasteiger charge is 2.12. The number of carbonyl (C=O) groups excluding carboxylic acids is 1. The molecule has 4 rings (SSSR count). The summed E-state index contributed by atoms with van der Waals surface area (Å²) in [7, 11) is 0. The lowest BCUT2D eigenvalue weighted by atomic mass is 9.98. The third-order valence-corrected chi connectivity index (χ3v) is 5.77. The lowest BCUT2D eigenvalue weighted by molar-refractivity contribution is 0.0949. The molecule has 5 nitrogen and oxygen atoms in total. The number of carbonyl (C=O) groups is 1. The van der Waals surface area contributed by atoms with Crippen LogP contribution in [0.2, 0.25) is 0 Å². The molecule has 0 saturated carbocycles. The monoisotopic (exact) mass is 412 g/mol. The van der Waals surface area contributed by atoms with Gasteiger partial charge in [-0.25, -0.2) is 4.98 Å². The van der Waals surface area contributed by atoms with Gasteiger partial charge in [0, 0.05) is 25.7 Å². The number of nitrogens with zero attached hydrogens (tertiary/aromatic N) is 3. The van der Waals surface area contributed by atoms with Crippen LogP contribution in [-0.2, 0) is 13.0 Å². The van der Waals surface area contributed by atoms with Crippen molar-refractivity contribution in [2.24, 2.45) is 0 Å². The van der Waals surface area contributed by atoms with Gasteiger partial charge in [-0.1, -0.05) is 56.3 Å². The van der Waals surface area contributed by atoms with E-state index in [9.17, 15) is 4.79 Å². The lowest BCUT2D eigenvalue weighted by Gasteiger charge is -2.12. The van der Waals surface area contributed by atoms with Crippen molar-refractivity contribution in [3.05, 3.63) is 95.6 Å². The fourth-order valence-electron chi connectivity index (χ4n) is 3.74. The van der Waals surface area contributed by atoms with E-state index in [-0.39, 0.29) is 5.91 Å². The number of imidazole rings is 1. The molecule has 2 aromatic carbocycles. The molecule has 158 valence electrons. The molecule has 1 unspecified atom stereocenters. The molecule has 1 N–H and O–H groups in total. The third-order valence-electron chi connectivity index (χ3n) is 5.77. The second-order valence-electron chi connectivity index (χ2n) is 7.87. The molecule has 0 bridgehead atoms. The maximum atomic E-state index is 12.3. The van der Waals surface area contributed by atoms with E-state index in [1.165, 1.54) is 11.1 Å². The Morgan fingerprint density at radius 1 is 1.03 bits per heavy atom. The molecule has 2 heterocycles. The molecule has 0 saturated heterocycles. The van der Waals surface area contributed by atoms with E-state index >= 15 is 0 Å². The Morgan fingerprint density at radius 2 is 1.81 bits per heavy atom. The fraction of sp³-hybridized carbons (Fsp3) is 0.269. The normalized spacial score (nSPS) is 12.1. The number of hydrogen-bond donors (Lipinski definition) is 1. The number of pyridine rings is 1. The summed E-state index contributed by atoms with van der Waals surface area (Å²) in [6.45, 7) is 5.74. The summed E-state index contributed by atoms with van der Waals surface area (Å²) in [4.78, 5) is 21.2. The van der Waals surface area contributed by atoms with Crippen molar-refractivity contribution >= 4 is 16.9 Å². The first-order chi connectivity index (χ1) is 15.2. The van der Waals surface area contributed by atoms with Crippen molar-refractivity contribution in [3.63, 3.8) is 0 Å². The predicted octanol–water partition coefficient (Wildman–Crippen LogP) is 4.97. The Balaban J connectivity index is 1.51. The van der Waals surface area contributed by atoms with Gasteiger partial charge in [0.15, 0.2) is 0 Å². The van der Waals surface area contributed by atoms with E-state index in [0.717, 1.165) is 29.8 Å². The minimum absolute atomic E-state index is 0.163. The van der Waals surface area contributed by atoms with Gasteiger partial charge in [0.2, 0.25) is 0 Å². The van der Waals surface area contributed by atoms with Gasteiger partial charge in [-0.3, -0.25) is 9.78 Å². The highest BCUT2D eigenvalue weighted by atomic mass is 16.1. The number of hydrogen-bond acceptors (Lipinski definition) is 3. The van der Waals surface area contributed by atoms with E-state index < -0.39 is 0 Å². The quantitative estimate of drug-likeness (QED) is 0.445. The number of benzene rings is 2. The van der Waals surface area contributed by atoms with E-state index in [0.29, 0.717) is 24.6 Å². The first-order valence-electron chi connectivity index (χ1n) is 10.9. The van der Waals surface area contributed by atoms with Crippen molar-refractivity contribution in [3.8, 4) is 0 Å². The molecule has 2 aromatic heterocycles. The SMILES string of the molecule is CCC(C)c1ccc(Cn2c(CCNC(=O)c3ccccn3)nc3ccccc32)cc1. The topological polar surface area (TPSA) is 59.8 Å². The van der Waals surface area contributed by atoms with E-state index in [2.05, 4.69) is 59.0 Å². The minimum Gasteiger partial charge on any atom is -0.350 e. The zero-order valence-electron chi connectivity index (χ0n) is 18.1. The van der Waals surface area contributed by atoms with Gasteiger partial charge in [-0.05, 0) is 47.7 Å². The molecular weight excluding hydrogens is 384 g/mol. The van der Waals surface area contributed by atoms with Gasteiger partial charge < -0.3 is 9.88 Å². The number of nitrogens with one attached hydrogen (secondary N) is 1. The highest BCUT2D eigenvalue weighted by molar-refractivity contribution is 5.92. The maximum absolute atomic E-state index is 12.3. The molecule has 5 heteroatoms. The second-order valence-corrected chi connectivity index (χ2v) is 7.87. The van der Waals surface area contributed by atoms with Gasteiger partial charge >= 0.3 is 0 Å². The molecule has 0 spiro atoms. The second kappa shape index (κ2) is 9.56. The molecule has 0 aliphatic rings. The molecule has 0 fully saturated rings. The third kappa shape index (κ3) is 4.82. The largest absolute Gasteiger partial charge is 0.350 e. The number of fused-ring (bicyclic) bond motifs is 1. The van der Waals surface area contributed by atoms with Gasteiger partial charge in [0.25, 0.3) is 5.91 Å². The van der Waals surface area contributed by atoms with Crippen LogP contribution in [0, 0.1) is 0 Å². The predicted molar refractivity (Wildman–Crippen MR) is 124 cm³/mol. The van der Waals surface area contributed by atoms with Crippen LogP contribution < -0.4 is 5.32 Å². The van der Waals surface area contributed by atoms with Crippen molar-refractivity contribution < 1.29 is 4.79 Å². The number of rotatable bonds is 8. The first kappa shape index (κ1) is 20.8. The Bertz CT molecular complexity index is 1150. The molecule has 0 aliphatic carbocycles. The zero-order valence-corrected chi connectivity index (χ0v) is 18.1. The standard InChI is InChI=1S/C26H28N4O/c1-3-19(2)21-13-11-20(12-14-21)18-30-24-10-5-4-8-22(24)29-25(30)15-17-28-26(31)23-9-6-7-16-27-23/h4-14,16,19H,3,15,17-18H2,1-2H3,(H,28,31). The molecule has 31 heavy (non-hydrogen) atoms. The van der Waals surface area contributed by atoms with Gasteiger partial charge in [-0.15, -0.1) is 0 Å². The summed E-state index contributed by atoms with van der Waals surface area (Å²) in [5, 5.41) is 2.95. The first-order valence-corrected chi connectivity index (χ1v) is 10.9. The van der Waals surface area contributed by atoms with E-state index in [1.807, 2.05) is 24.3 Å². The van der Waals surface area contributed by atoms with E-state index in [1.54, 1.807) is 18.3 Å². The summed E-state index contributed by atoms with van der Waals surface area (Å²) in [5.74, 6) is 1.37. The van der Waals surface area contributed by atoms with Crippen molar-refractivity contribution in [1.82, 2.24) is 19.9 Å². The Morgan fingerprint density at radius 3 is 2.55 bits per heavy atom. The Hall–Kier alpha value is -3.47. The summed E-state index contributed by atoms with van der Waals surface area (Å²) in [6.07, 6.45) is 3.42. The smallest absolute Gasteiger partial charge is 0.269 e. The van der Waals surface area contributed by atoms with Gasteiger partial charge in [0.1, 0.15) is 11.5 Å². The fourth-order valence-corrected chi connectivity index (χ4v) is 3.74. The van der Waals surface area contributed by atoms with Crippen molar-refractivity contribution in [2.45, 2.75) is 39.2 Å². The Labute approximate surface area is 183 Å². The van der Waals surface area contributed by atoms with Gasteiger partial charge in [-0.2, -0.15) is 0 Å². The van der Waals surface area contributed by atoms with Crippen LogP contribution in [0.1, 0.15) is 53.6 Å². The van der Waals surface area contributed by atoms with Crippen LogP contribution in [0.3, 0.4) is 0 Å². The molecule has 0 aliphatic heterocycles. The van der Waals surface area contributed by atoms with Crippen LogP contribution in [0.5, 0.6) is 0 Å². The van der Waals surface area contributed by atoms with Crippen LogP contribution in [0.25, 0.3) is 11.0 Å². The van der Waals surface area contributed by atoms with Crippen LogP contribution in [0.15, 0.2) is 72.9 Å².